The monoisotopic (exact) mass is 1150 g/mol. The molecule has 4 aromatic heterocycles. The SMILES string of the molecule is CC(C)(C)N(CCOCCNC(=O)CCc1cccc2c1sc1nc(-c3ccc(C(F)(F)F)cc3)cn12)C(=O)O.CC(C)(C)OC(=O)NCCOCCNC(=O)CCc1cccc2c1sc1nc(-c3ccc(C(F)(F)F)cc3)cn12. The topological polar surface area (TPSA) is 190 Å². The number of amides is 4. The Labute approximate surface area is 465 Å². The summed E-state index contributed by atoms with van der Waals surface area (Å²) in [4.78, 5) is 59.6. The number of carbonyl (C=O) groups is 4. The molecule has 0 saturated carbocycles. The molecule has 4 aromatic carbocycles. The number of aryl methyl sites for hydroxylation is 2. The molecule has 4 N–H and O–H groups in total. The van der Waals surface area contributed by atoms with Crippen LogP contribution in [0.5, 0.6) is 0 Å². The van der Waals surface area contributed by atoms with Crippen molar-refractivity contribution in [1.29, 1.82) is 0 Å². The number of nitrogens with one attached hydrogen (secondary N) is 3. The van der Waals surface area contributed by atoms with Crippen LogP contribution in [0.2, 0.25) is 0 Å². The molecule has 8 aromatic rings. The van der Waals surface area contributed by atoms with Crippen LogP contribution in [-0.4, -0.2) is 117 Å². The molecular formula is C56H62F6N8O8S2. The molecule has 0 spiro atoms. The first-order valence-corrected chi connectivity index (χ1v) is 27.2. The van der Waals surface area contributed by atoms with E-state index >= 15 is 0 Å². The van der Waals surface area contributed by atoms with E-state index in [0.717, 1.165) is 60.8 Å². The fourth-order valence-electron chi connectivity index (χ4n) is 8.30. The molecule has 0 atom stereocenters. The number of carbonyl (C=O) groups excluding carboxylic acids is 3. The van der Waals surface area contributed by atoms with E-state index in [0.29, 0.717) is 79.6 Å². The van der Waals surface area contributed by atoms with Gasteiger partial charge in [-0.1, -0.05) is 71.2 Å². The number of halogens is 6. The van der Waals surface area contributed by atoms with Crippen LogP contribution >= 0.6 is 22.7 Å². The van der Waals surface area contributed by atoms with E-state index in [1.165, 1.54) is 51.8 Å². The first-order chi connectivity index (χ1) is 37.7. The minimum atomic E-state index is -4.39. The predicted octanol–water partition coefficient (Wildman–Crippen LogP) is 11.9. The number of imidazole rings is 2. The van der Waals surface area contributed by atoms with E-state index in [2.05, 4.69) is 25.9 Å². The number of fused-ring (bicyclic) bond motifs is 6. The van der Waals surface area contributed by atoms with E-state index in [4.69, 9.17) is 14.2 Å². The molecule has 16 nitrogen and oxygen atoms in total. The highest BCUT2D eigenvalue weighted by Gasteiger charge is 2.31. The Bertz CT molecular complexity index is 3410. The van der Waals surface area contributed by atoms with Crippen molar-refractivity contribution in [3.63, 3.8) is 0 Å². The summed E-state index contributed by atoms with van der Waals surface area (Å²) in [5.41, 5.74) is 3.77. The summed E-state index contributed by atoms with van der Waals surface area (Å²) in [7, 11) is 0. The number of aromatic nitrogens is 4. The Hall–Kier alpha value is -7.28. The second-order valence-electron chi connectivity index (χ2n) is 20.4. The van der Waals surface area contributed by atoms with Crippen molar-refractivity contribution in [2.75, 3.05) is 52.6 Å². The second-order valence-corrected chi connectivity index (χ2v) is 22.4. The smallest absolute Gasteiger partial charge is 0.416 e. The molecule has 428 valence electrons. The zero-order valence-electron chi connectivity index (χ0n) is 44.8. The molecule has 0 radical (unpaired) electrons. The van der Waals surface area contributed by atoms with E-state index in [-0.39, 0.29) is 38.0 Å². The minimum Gasteiger partial charge on any atom is -0.465 e. The number of thiazole rings is 2. The van der Waals surface area contributed by atoms with Crippen molar-refractivity contribution in [1.82, 2.24) is 39.6 Å². The summed E-state index contributed by atoms with van der Waals surface area (Å²) < 4.78 is 99.2. The number of hydrogen-bond donors (Lipinski definition) is 4. The second kappa shape index (κ2) is 25.9. The van der Waals surface area contributed by atoms with Gasteiger partial charge in [-0.2, -0.15) is 26.3 Å². The molecule has 8 rings (SSSR count). The molecular weight excluding hydrogens is 1090 g/mol. The summed E-state index contributed by atoms with van der Waals surface area (Å²) >= 11 is 2.95. The average molecular weight is 1150 g/mol. The highest BCUT2D eigenvalue weighted by molar-refractivity contribution is 7.24. The molecule has 24 heteroatoms. The van der Waals surface area contributed by atoms with Gasteiger partial charge in [0.05, 0.1) is 69.4 Å². The maximum atomic E-state index is 12.9. The third-order valence-electron chi connectivity index (χ3n) is 12.2. The first kappa shape index (κ1) is 60.4. The molecule has 0 unspecified atom stereocenters. The summed E-state index contributed by atoms with van der Waals surface area (Å²) in [5.74, 6) is -0.216. The van der Waals surface area contributed by atoms with Gasteiger partial charge in [0, 0.05) is 68.1 Å². The van der Waals surface area contributed by atoms with Gasteiger partial charge in [-0.15, -0.1) is 0 Å². The Morgan fingerprint density at radius 2 is 1.00 bits per heavy atom. The van der Waals surface area contributed by atoms with Gasteiger partial charge < -0.3 is 40.2 Å². The van der Waals surface area contributed by atoms with Gasteiger partial charge in [-0.3, -0.25) is 18.4 Å². The van der Waals surface area contributed by atoms with Crippen LogP contribution in [0.1, 0.15) is 76.6 Å². The van der Waals surface area contributed by atoms with Crippen LogP contribution < -0.4 is 16.0 Å². The summed E-state index contributed by atoms with van der Waals surface area (Å²) in [6, 6.07) is 21.6. The molecule has 4 heterocycles. The van der Waals surface area contributed by atoms with Gasteiger partial charge in [0.1, 0.15) is 5.60 Å². The van der Waals surface area contributed by atoms with Gasteiger partial charge >= 0.3 is 24.5 Å². The molecule has 0 aliphatic heterocycles. The molecule has 0 aliphatic rings. The Morgan fingerprint density at radius 1 is 0.588 bits per heavy atom. The largest absolute Gasteiger partial charge is 0.465 e. The zero-order chi connectivity index (χ0) is 58.0. The van der Waals surface area contributed by atoms with Crippen LogP contribution in [0.3, 0.4) is 0 Å². The standard InChI is InChI=1S/2C28H31F3N4O4S/c1-27(2,3)35(26(37)38)14-16-39-15-13-32-23(36)12-9-19-5-4-6-22-24(19)40-25-33-21(17-34(22)25)18-7-10-20(11-8-18)28(29,30)31;1-27(2,3)39-26(37)33-14-16-38-15-13-32-23(36)12-9-19-5-4-6-22-24(19)40-25-34-21(17-35(22)25)18-7-10-20(11-8-18)28(29,30)31/h4-8,10-11,17H,9,12-16H2,1-3H3,(H,32,36)(H,37,38);4-8,10-11,17H,9,12-16H2,1-3H3,(H,32,36)(H,33,37). The van der Waals surface area contributed by atoms with E-state index in [9.17, 15) is 50.6 Å². The first-order valence-electron chi connectivity index (χ1n) is 25.6. The lowest BCUT2D eigenvalue weighted by Gasteiger charge is -2.32. The molecule has 0 fully saturated rings. The lowest BCUT2D eigenvalue weighted by atomic mass is 10.1. The number of nitrogens with zero attached hydrogens (tertiary/aromatic N) is 5. The van der Waals surface area contributed by atoms with E-state index < -0.39 is 46.8 Å². The summed E-state index contributed by atoms with van der Waals surface area (Å²) in [6.07, 6.45) is -4.99. The maximum Gasteiger partial charge on any atom is 0.416 e. The minimum absolute atomic E-state index is 0.0987. The predicted molar refractivity (Wildman–Crippen MR) is 295 cm³/mol. The van der Waals surface area contributed by atoms with Crippen molar-refractivity contribution >= 4 is 77.0 Å². The van der Waals surface area contributed by atoms with Crippen LogP contribution in [0.15, 0.2) is 97.3 Å². The average Bonchev–Trinajstić information content (AvgIpc) is 4.36. The Morgan fingerprint density at radius 3 is 1.39 bits per heavy atom. The van der Waals surface area contributed by atoms with Gasteiger partial charge in [-0.05, 0) is 102 Å². The number of alkyl carbamates (subject to hydrolysis) is 1. The Balaban J connectivity index is 0.000000231. The quantitative estimate of drug-likeness (QED) is 0.0422. The summed E-state index contributed by atoms with van der Waals surface area (Å²) in [5, 5.41) is 17.6. The third kappa shape index (κ3) is 16.4. The lowest BCUT2D eigenvalue weighted by molar-refractivity contribution is -0.138. The van der Waals surface area contributed by atoms with Crippen molar-refractivity contribution < 1.29 is 64.8 Å². The van der Waals surface area contributed by atoms with Crippen molar-refractivity contribution in [3.8, 4) is 22.5 Å². The number of ether oxygens (including phenoxy) is 3. The van der Waals surface area contributed by atoms with E-state index in [1.54, 1.807) is 20.8 Å². The highest BCUT2D eigenvalue weighted by Crippen LogP contribution is 2.36. The number of benzene rings is 4. The van der Waals surface area contributed by atoms with Crippen molar-refractivity contribution in [3.05, 3.63) is 120 Å². The fraction of sp³-hybridized carbons (Fsp3) is 0.393. The lowest BCUT2D eigenvalue weighted by Crippen LogP contribution is -2.46. The zero-order valence-corrected chi connectivity index (χ0v) is 46.5. The number of carboxylic acid groups (broad SMARTS) is 1. The molecule has 4 amide bonds. The Kier molecular flexibility index (Phi) is 19.5. The van der Waals surface area contributed by atoms with E-state index in [1.807, 2.05) is 78.4 Å². The molecule has 80 heavy (non-hydrogen) atoms. The van der Waals surface area contributed by atoms with Crippen LogP contribution in [0.4, 0.5) is 35.9 Å². The molecule has 0 aliphatic carbocycles. The van der Waals surface area contributed by atoms with Gasteiger partial charge in [0.15, 0.2) is 9.92 Å². The van der Waals surface area contributed by atoms with Crippen molar-refractivity contribution in [2.45, 2.75) is 90.7 Å². The molecule has 0 bridgehead atoms. The van der Waals surface area contributed by atoms with Gasteiger partial charge in [0.25, 0.3) is 0 Å². The van der Waals surface area contributed by atoms with Crippen LogP contribution in [0, 0.1) is 0 Å². The number of rotatable bonds is 20. The number of hydrogen-bond acceptors (Lipinski definition) is 11. The normalized spacial score (nSPS) is 12.2. The molecule has 0 saturated heterocycles. The third-order valence-corrected chi connectivity index (χ3v) is 14.5. The van der Waals surface area contributed by atoms with Gasteiger partial charge in [0.2, 0.25) is 11.8 Å². The van der Waals surface area contributed by atoms with Crippen LogP contribution in [0.25, 0.3) is 52.9 Å². The highest BCUT2D eigenvalue weighted by atomic mass is 32.1. The van der Waals surface area contributed by atoms with Crippen molar-refractivity contribution in [2.24, 2.45) is 0 Å². The maximum absolute atomic E-state index is 12.9. The summed E-state index contributed by atoms with van der Waals surface area (Å²) in [6.45, 7) is 13.2. The van der Waals surface area contributed by atoms with Crippen LogP contribution in [-0.2, 0) is 49.0 Å². The van der Waals surface area contributed by atoms with Gasteiger partial charge in [-0.25, -0.2) is 19.6 Å². The fourth-order valence-corrected chi connectivity index (χ4v) is 10.6. The number of alkyl halides is 6.